The van der Waals surface area contributed by atoms with Gasteiger partial charge < -0.3 is 25.4 Å². The minimum atomic E-state index is -0.495. The van der Waals surface area contributed by atoms with E-state index >= 15 is 0 Å². The quantitative estimate of drug-likeness (QED) is 0.738. The Kier molecular flexibility index (Phi) is 3.72. The molecular weight excluding hydrogens is 286 g/mol. The summed E-state index contributed by atoms with van der Waals surface area (Å²) in [6.07, 6.45) is 0. The fraction of sp³-hybridized carbons (Fsp3) is 0.333. The summed E-state index contributed by atoms with van der Waals surface area (Å²) in [6.45, 7) is 0.451. The molecule has 2 aliphatic heterocycles. The zero-order valence-corrected chi connectivity index (χ0v) is 12.1. The minimum Gasteiger partial charge on any atom is -0.497 e. The van der Waals surface area contributed by atoms with Crippen LogP contribution in [0.15, 0.2) is 35.5 Å². The number of aliphatic hydroxyl groups excluding tert-OH is 1. The van der Waals surface area contributed by atoms with E-state index in [-0.39, 0.29) is 25.1 Å². The van der Waals surface area contributed by atoms with E-state index in [9.17, 15) is 9.59 Å². The van der Waals surface area contributed by atoms with Gasteiger partial charge in [-0.25, -0.2) is 4.79 Å². The summed E-state index contributed by atoms with van der Waals surface area (Å²) in [5.74, 6) is 0.537. The van der Waals surface area contributed by atoms with E-state index in [2.05, 4.69) is 10.6 Å². The summed E-state index contributed by atoms with van der Waals surface area (Å²) in [7, 11) is 1.58. The maximum absolute atomic E-state index is 12.5. The van der Waals surface area contributed by atoms with Crippen LogP contribution in [0.4, 0.5) is 4.79 Å². The zero-order chi connectivity index (χ0) is 15.7. The number of aliphatic hydroxyl groups is 1. The number of carbonyl (C=O) groups excluding carboxylic acids is 2. The molecule has 2 heterocycles. The molecule has 1 aromatic carbocycles. The predicted molar refractivity (Wildman–Crippen MR) is 78.1 cm³/mol. The van der Waals surface area contributed by atoms with Crippen molar-refractivity contribution in [2.75, 3.05) is 26.8 Å². The van der Waals surface area contributed by atoms with Crippen molar-refractivity contribution in [2.24, 2.45) is 0 Å². The first-order valence-corrected chi connectivity index (χ1v) is 6.98. The molecule has 0 radical (unpaired) electrons. The van der Waals surface area contributed by atoms with Gasteiger partial charge in [0.2, 0.25) is 0 Å². The lowest BCUT2D eigenvalue weighted by Crippen LogP contribution is -2.44. The van der Waals surface area contributed by atoms with Gasteiger partial charge in [-0.15, -0.1) is 0 Å². The number of nitrogens with one attached hydrogen (secondary N) is 2. The van der Waals surface area contributed by atoms with Crippen molar-refractivity contribution >= 4 is 11.9 Å². The van der Waals surface area contributed by atoms with Gasteiger partial charge in [-0.2, -0.15) is 0 Å². The lowest BCUT2D eigenvalue weighted by Gasteiger charge is -2.25. The van der Waals surface area contributed by atoms with Gasteiger partial charge in [0.05, 0.1) is 37.6 Å². The molecule has 0 saturated carbocycles. The maximum Gasteiger partial charge on any atom is 0.319 e. The van der Waals surface area contributed by atoms with Crippen molar-refractivity contribution in [3.8, 4) is 5.75 Å². The molecule has 0 saturated heterocycles. The average molecular weight is 303 g/mol. The second-order valence-electron chi connectivity index (χ2n) is 5.15. The van der Waals surface area contributed by atoms with E-state index in [0.29, 0.717) is 23.6 Å². The number of rotatable bonds is 4. The topological polar surface area (TPSA) is 90.9 Å². The van der Waals surface area contributed by atoms with Gasteiger partial charge in [0.15, 0.2) is 0 Å². The Bertz CT molecular complexity index is 639. The maximum atomic E-state index is 12.5. The number of ether oxygens (including phenoxy) is 1. The van der Waals surface area contributed by atoms with Crippen LogP contribution in [-0.4, -0.2) is 48.8 Å². The fourth-order valence-electron chi connectivity index (χ4n) is 2.78. The van der Waals surface area contributed by atoms with Crippen LogP contribution in [0.25, 0.3) is 0 Å². The van der Waals surface area contributed by atoms with Crippen LogP contribution < -0.4 is 15.4 Å². The van der Waals surface area contributed by atoms with Crippen molar-refractivity contribution in [3.63, 3.8) is 0 Å². The molecule has 3 amide bonds. The number of carbonyl (C=O) groups is 2. The molecule has 0 fully saturated rings. The molecule has 0 aromatic heterocycles. The zero-order valence-electron chi connectivity index (χ0n) is 12.1. The highest BCUT2D eigenvalue weighted by Crippen LogP contribution is 2.32. The summed E-state index contributed by atoms with van der Waals surface area (Å²) in [5, 5.41) is 14.5. The Morgan fingerprint density at radius 2 is 2.05 bits per heavy atom. The molecule has 7 nitrogen and oxygen atoms in total. The van der Waals surface area contributed by atoms with Crippen molar-refractivity contribution < 1.29 is 19.4 Å². The third kappa shape index (κ3) is 2.39. The third-order valence-corrected chi connectivity index (χ3v) is 3.84. The van der Waals surface area contributed by atoms with Crippen molar-refractivity contribution in [1.82, 2.24) is 15.5 Å². The molecule has 22 heavy (non-hydrogen) atoms. The van der Waals surface area contributed by atoms with Gasteiger partial charge in [0.25, 0.3) is 5.91 Å². The van der Waals surface area contributed by atoms with Crippen LogP contribution in [0.5, 0.6) is 5.75 Å². The van der Waals surface area contributed by atoms with Gasteiger partial charge in [-0.05, 0) is 17.7 Å². The summed E-state index contributed by atoms with van der Waals surface area (Å²) >= 11 is 0. The molecule has 2 aliphatic rings. The summed E-state index contributed by atoms with van der Waals surface area (Å²) in [5.41, 5.74) is 1.93. The van der Waals surface area contributed by atoms with E-state index in [0.717, 1.165) is 5.56 Å². The Morgan fingerprint density at radius 3 is 2.68 bits per heavy atom. The highest BCUT2D eigenvalue weighted by molar-refractivity contribution is 6.01. The largest absolute Gasteiger partial charge is 0.497 e. The standard InChI is InChI=1S/C15H17N3O4/c1-22-10-4-2-9(3-5-10)13-12-11(16-15(21)17-13)8-18(6-7-19)14(12)20/h2-5,13,19H,6-8H2,1H3,(H2,16,17,21)/t13-/m0/s1. The summed E-state index contributed by atoms with van der Waals surface area (Å²) < 4.78 is 5.12. The number of methoxy groups -OCH3 is 1. The van der Waals surface area contributed by atoms with Gasteiger partial charge in [-0.1, -0.05) is 12.1 Å². The molecular formula is C15H17N3O4. The van der Waals surface area contributed by atoms with Gasteiger partial charge in [0.1, 0.15) is 5.75 Å². The molecule has 7 heteroatoms. The summed E-state index contributed by atoms with van der Waals surface area (Å²) in [4.78, 5) is 25.8. The molecule has 116 valence electrons. The van der Waals surface area contributed by atoms with Crippen LogP contribution in [0.1, 0.15) is 11.6 Å². The lowest BCUT2D eigenvalue weighted by atomic mass is 9.96. The van der Waals surface area contributed by atoms with Crippen LogP contribution in [0.3, 0.4) is 0 Å². The molecule has 1 aromatic rings. The molecule has 3 rings (SSSR count). The SMILES string of the molecule is COc1ccc([C@@H]2NC(=O)NC3=C2C(=O)N(CCO)C3)cc1. The first-order valence-electron chi connectivity index (χ1n) is 6.98. The van der Waals surface area contributed by atoms with Crippen LogP contribution in [0.2, 0.25) is 0 Å². The Morgan fingerprint density at radius 1 is 1.32 bits per heavy atom. The number of benzene rings is 1. The van der Waals surface area contributed by atoms with Gasteiger partial charge in [-0.3, -0.25) is 4.79 Å². The molecule has 3 N–H and O–H groups in total. The average Bonchev–Trinajstić information content (AvgIpc) is 2.83. The second-order valence-corrected chi connectivity index (χ2v) is 5.15. The molecule has 0 unspecified atom stereocenters. The van der Waals surface area contributed by atoms with E-state index in [1.54, 1.807) is 19.2 Å². The number of amides is 3. The van der Waals surface area contributed by atoms with Crippen molar-refractivity contribution in [1.29, 1.82) is 0 Å². The predicted octanol–water partition coefficient (Wildman–Crippen LogP) is 0.138. The summed E-state index contributed by atoms with van der Waals surface area (Å²) in [6, 6.07) is 6.39. The molecule has 1 atom stereocenters. The highest BCUT2D eigenvalue weighted by Gasteiger charge is 2.39. The van der Waals surface area contributed by atoms with Crippen LogP contribution >= 0.6 is 0 Å². The first-order chi connectivity index (χ1) is 10.6. The first kappa shape index (κ1) is 14.4. The van der Waals surface area contributed by atoms with Gasteiger partial charge in [0, 0.05) is 6.54 Å². The number of hydrogen-bond acceptors (Lipinski definition) is 4. The Labute approximate surface area is 127 Å². The van der Waals surface area contributed by atoms with Crippen molar-refractivity contribution in [2.45, 2.75) is 6.04 Å². The van der Waals surface area contributed by atoms with E-state index in [1.807, 2.05) is 12.1 Å². The lowest BCUT2D eigenvalue weighted by molar-refractivity contribution is -0.126. The molecule has 0 aliphatic carbocycles. The van der Waals surface area contributed by atoms with E-state index in [1.165, 1.54) is 4.90 Å². The van der Waals surface area contributed by atoms with Crippen LogP contribution in [-0.2, 0) is 4.79 Å². The minimum absolute atomic E-state index is 0.110. The molecule has 0 spiro atoms. The molecule has 0 bridgehead atoms. The van der Waals surface area contributed by atoms with E-state index in [4.69, 9.17) is 9.84 Å². The highest BCUT2D eigenvalue weighted by atomic mass is 16.5. The number of nitrogens with zero attached hydrogens (tertiary/aromatic N) is 1. The van der Waals surface area contributed by atoms with Crippen molar-refractivity contribution in [3.05, 3.63) is 41.1 Å². The Balaban J connectivity index is 1.94. The number of urea groups is 1. The van der Waals surface area contributed by atoms with Crippen LogP contribution in [0, 0.1) is 0 Å². The normalized spacial score (nSPS) is 20.6. The van der Waals surface area contributed by atoms with Gasteiger partial charge >= 0.3 is 6.03 Å². The second kappa shape index (κ2) is 5.69. The Hall–Kier alpha value is -2.54. The smallest absolute Gasteiger partial charge is 0.319 e. The van der Waals surface area contributed by atoms with E-state index < -0.39 is 6.04 Å². The third-order valence-electron chi connectivity index (χ3n) is 3.84. The monoisotopic (exact) mass is 303 g/mol. The number of hydrogen-bond donors (Lipinski definition) is 3. The fourth-order valence-corrected chi connectivity index (χ4v) is 2.78. The number of β-amino-alcohol motifs (C(OH)–C–C–N with tert-alkyl or cyclic N) is 1.